The molecule has 3 heterocycles. The lowest BCUT2D eigenvalue weighted by molar-refractivity contribution is -0.116. The highest BCUT2D eigenvalue weighted by atomic mass is 16.5. The lowest BCUT2D eigenvalue weighted by Gasteiger charge is -2.27. The van der Waals surface area contributed by atoms with Crippen LogP contribution in [-0.2, 0) is 16.0 Å². The second-order valence-electron chi connectivity index (χ2n) is 6.41. The molecule has 0 saturated carbocycles. The maximum Gasteiger partial charge on any atom is 0.224 e. The third-order valence-electron chi connectivity index (χ3n) is 4.66. The summed E-state index contributed by atoms with van der Waals surface area (Å²) < 4.78 is 5.35. The van der Waals surface area contributed by atoms with Gasteiger partial charge in [-0.05, 0) is 30.2 Å². The Labute approximate surface area is 152 Å². The number of morpholine rings is 1. The van der Waals surface area contributed by atoms with E-state index in [-0.39, 0.29) is 5.91 Å². The molecule has 4 rings (SSSR count). The lowest BCUT2D eigenvalue weighted by Crippen LogP contribution is -2.36. The Kier molecular flexibility index (Phi) is 4.84. The standard InChI is InChI=1S/C20H22N4O2/c25-20(8-5-15-13-21-18-4-2-1-3-17(15)18)23-16-6-7-19(22-14-16)24-9-11-26-12-10-24/h1-4,6-7,13-14,21H,5,8-12H2,(H,23,25). The van der Waals surface area contributed by atoms with E-state index in [0.29, 0.717) is 12.8 Å². The summed E-state index contributed by atoms with van der Waals surface area (Å²) in [7, 11) is 0. The molecule has 2 N–H and O–H groups in total. The summed E-state index contributed by atoms with van der Waals surface area (Å²) in [5, 5.41) is 4.11. The van der Waals surface area contributed by atoms with E-state index in [1.54, 1.807) is 6.20 Å². The van der Waals surface area contributed by atoms with Crippen LogP contribution in [0.15, 0.2) is 48.8 Å². The normalized spacial score (nSPS) is 14.5. The molecule has 1 fully saturated rings. The Balaban J connectivity index is 1.33. The summed E-state index contributed by atoms with van der Waals surface area (Å²) >= 11 is 0. The molecule has 2 aromatic heterocycles. The smallest absolute Gasteiger partial charge is 0.224 e. The first-order valence-corrected chi connectivity index (χ1v) is 8.93. The number of rotatable bonds is 5. The molecular weight excluding hydrogens is 328 g/mol. The zero-order valence-corrected chi connectivity index (χ0v) is 14.6. The number of para-hydroxylation sites is 1. The van der Waals surface area contributed by atoms with Crippen LogP contribution >= 0.6 is 0 Å². The molecule has 1 amide bonds. The predicted octanol–water partition coefficient (Wildman–Crippen LogP) is 2.97. The Bertz CT molecular complexity index is 882. The topological polar surface area (TPSA) is 70.2 Å². The molecule has 1 aliphatic heterocycles. The molecule has 3 aromatic rings. The van der Waals surface area contributed by atoms with Gasteiger partial charge in [0.25, 0.3) is 0 Å². The zero-order valence-electron chi connectivity index (χ0n) is 14.6. The summed E-state index contributed by atoms with van der Waals surface area (Å²) in [5.74, 6) is 0.918. The summed E-state index contributed by atoms with van der Waals surface area (Å²) in [6.07, 6.45) is 4.84. The molecule has 0 atom stereocenters. The Morgan fingerprint density at radius 3 is 2.85 bits per heavy atom. The Morgan fingerprint density at radius 2 is 2.04 bits per heavy atom. The van der Waals surface area contributed by atoms with Crippen molar-refractivity contribution < 1.29 is 9.53 Å². The molecule has 134 valence electrons. The minimum Gasteiger partial charge on any atom is -0.378 e. The highest BCUT2D eigenvalue weighted by molar-refractivity contribution is 5.91. The number of hydrogen-bond acceptors (Lipinski definition) is 4. The number of aryl methyl sites for hydroxylation is 1. The van der Waals surface area contributed by atoms with E-state index < -0.39 is 0 Å². The fourth-order valence-electron chi connectivity index (χ4n) is 3.25. The van der Waals surface area contributed by atoms with Crippen molar-refractivity contribution in [1.29, 1.82) is 0 Å². The number of anilines is 2. The average Bonchev–Trinajstić information content (AvgIpc) is 3.11. The number of carbonyl (C=O) groups excluding carboxylic acids is 1. The minimum atomic E-state index is -0.00352. The van der Waals surface area contributed by atoms with Gasteiger partial charge in [0.05, 0.1) is 25.1 Å². The first kappa shape index (κ1) is 16.6. The van der Waals surface area contributed by atoms with Crippen molar-refractivity contribution in [2.75, 3.05) is 36.5 Å². The van der Waals surface area contributed by atoms with E-state index in [1.807, 2.05) is 36.5 Å². The number of amides is 1. The summed E-state index contributed by atoms with van der Waals surface area (Å²) in [5.41, 5.74) is 2.99. The van der Waals surface area contributed by atoms with Gasteiger partial charge in [-0.15, -0.1) is 0 Å². The van der Waals surface area contributed by atoms with Gasteiger partial charge in [0, 0.05) is 36.6 Å². The van der Waals surface area contributed by atoms with Gasteiger partial charge in [0.2, 0.25) is 5.91 Å². The molecule has 1 saturated heterocycles. The highest BCUT2D eigenvalue weighted by Crippen LogP contribution is 2.20. The summed E-state index contributed by atoms with van der Waals surface area (Å²) in [4.78, 5) is 22.1. The molecule has 0 aliphatic carbocycles. The zero-order chi connectivity index (χ0) is 17.8. The number of benzene rings is 1. The van der Waals surface area contributed by atoms with Gasteiger partial charge in [-0.3, -0.25) is 4.79 Å². The van der Waals surface area contributed by atoms with Crippen molar-refractivity contribution in [2.45, 2.75) is 12.8 Å². The van der Waals surface area contributed by atoms with E-state index in [4.69, 9.17) is 4.74 Å². The number of fused-ring (bicyclic) bond motifs is 1. The first-order valence-electron chi connectivity index (χ1n) is 8.93. The molecule has 6 heteroatoms. The molecular formula is C20H22N4O2. The van der Waals surface area contributed by atoms with E-state index in [1.165, 1.54) is 5.39 Å². The minimum absolute atomic E-state index is 0.00352. The van der Waals surface area contributed by atoms with Gasteiger partial charge in [-0.1, -0.05) is 18.2 Å². The quantitative estimate of drug-likeness (QED) is 0.742. The van der Waals surface area contributed by atoms with E-state index in [0.717, 1.165) is 48.9 Å². The largest absolute Gasteiger partial charge is 0.378 e. The van der Waals surface area contributed by atoms with E-state index >= 15 is 0 Å². The van der Waals surface area contributed by atoms with Gasteiger partial charge in [0.1, 0.15) is 5.82 Å². The van der Waals surface area contributed by atoms with Gasteiger partial charge in [0.15, 0.2) is 0 Å². The average molecular weight is 350 g/mol. The third kappa shape index (κ3) is 3.70. The maximum absolute atomic E-state index is 12.3. The number of H-pyrrole nitrogens is 1. The van der Waals surface area contributed by atoms with Crippen LogP contribution < -0.4 is 10.2 Å². The van der Waals surface area contributed by atoms with Crippen LogP contribution in [0.4, 0.5) is 11.5 Å². The van der Waals surface area contributed by atoms with Crippen molar-refractivity contribution in [2.24, 2.45) is 0 Å². The van der Waals surface area contributed by atoms with Crippen LogP contribution in [0.1, 0.15) is 12.0 Å². The lowest BCUT2D eigenvalue weighted by atomic mass is 10.1. The monoisotopic (exact) mass is 350 g/mol. The molecule has 0 unspecified atom stereocenters. The van der Waals surface area contributed by atoms with Crippen LogP contribution in [0.25, 0.3) is 10.9 Å². The van der Waals surface area contributed by atoms with Crippen molar-refractivity contribution in [3.8, 4) is 0 Å². The van der Waals surface area contributed by atoms with Gasteiger partial charge >= 0.3 is 0 Å². The number of carbonyl (C=O) groups is 1. The molecule has 1 aliphatic rings. The fraction of sp³-hybridized carbons (Fsp3) is 0.300. The van der Waals surface area contributed by atoms with Crippen molar-refractivity contribution >= 4 is 28.3 Å². The molecule has 0 bridgehead atoms. The Morgan fingerprint density at radius 1 is 1.19 bits per heavy atom. The number of aromatic amines is 1. The molecule has 6 nitrogen and oxygen atoms in total. The van der Waals surface area contributed by atoms with Gasteiger partial charge < -0.3 is 19.9 Å². The van der Waals surface area contributed by atoms with E-state index in [2.05, 4.69) is 26.3 Å². The molecule has 0 spiro atoms. The maximum atomic E-state index is 12.3. The molecule has 0 radical (unpaired) electrons. The number of nitrogens with zero attached hydrogens (tertiary/aromatic N) is 2. The number of aromatic nitrogens is 2. The van der Waals surface area contributed by atoms with E-state index in [9.17, 15) is 4.79 Å². The van der Waals surface area contributed by atoms with Crippen molar-refractivity contribution in [3.63, 3.8) is 0 Å². The molecule has 26 heavy (non-hydrogen) atoms. The van der Waals surface area contributed by atoms with Crippen molar-refractivity contribution in [3.05, 3.63) is 54.4 Å². The van der Waals surface area contributed by atoms with Crippen LogP contribution in [0, 0.1) is 0 Å². The van der Waals surface area contributed by atoms with Crippen LogP contribution in [0.2, 0.25) is 0 Å². The number of hydrogen-bond donors (Lipinski definition) is 2. The second kappa shape index (κ2) is 7.58. The Hall–Kier alpha value is -2.86. The second-order valence-corrected chi connectivity index (χ2v) is 6.41. The third-order valence-corrected chi connectivity index (χ3v) is 4.66. The summed E-state index contributed by atoms with van der Waals surface area (Å²) in [6.45, 7) is 3.16. The van der Waals surface area contributed by atoms with Gasteiger partial charge in [-0.25, -0.2) is 4.98 Å². The summed E-state index contributed by atoms with van der Waals surface area (Å²) in [6, 6.07) is 12.0. The SMILES string of the molecule is O=C(CCc1c[nH]c2ccccc12)Nc1ccc(N2CCOCC2)nc1. The number of ether oxygens (including phenoxy) is 1. The van der Waals surface area contributed by atoms with Crippen LogP contribution in [0.5, 0.6) is 0 Å². The predicted molar refractivity (Wildman–Crippen MR) is 103 cm³/mol. The first-order chi connectivity index (χ1) is 12.8. The highest BCUT2D eigenvalue weighted by Gasteiger charge is 2.12. The number of nitrogens with one attached hydrogen (secondary N) is 2. The molecule has 1 aromatic carbocycles. The van der Waals surface area contributed by atoms with Crippen molar-refractivity contribution in [1.82, 2.24) is 9.97 Å². The number of pyridine rings is 1. The van der Waals surface area contributed by atoms with Crippen LogP contribution in [0.3, 0.4) is 0 Å². The fourth-order valence-corrected chi connectivity index (χ4v) is 3.25. The van der Waals surface area contributed by atoms with Gasteiger partial charge in [-0.2, -0.15) is 0 Å². The van der Waals surface area contributed by atoms with Crippen LogP contribution in [-0.4, -0.2) is 42.2 Å².